The Kier molecular flexibility index (Phi) is 4.98. The van der Waals surface area contributed by atoms with Crippen LogP contribution in [-0.2, 0) is 9.53 Å². The van der Waals surface area contributed by atoms with Gasteiger partial charge in [0.1, 0.15) is 0 Å². The first-order valence-corrected chi connectivity index (χ1v) is 6.60. The van der Waals surface area contributed by atoms with Gasteiger partial charge in [-0.1, -0.05) is 0 Å². The Morgan fingerprint density at radius 1 is 1.27 bits per heavy atom. The largest absolute Gasteiger partial charge is 0.452 e. The summed E-state index contributed by atoms with van der Waals surface area (Å²) in [4.78, 5) is 33.2. The van der Waals surface area contributed by atoms with Gasteiger partial charge in [-0.25, -0.2) is 4.79 Å². The summed E-state index contributed by atoms with van der Waals surface area (Å²) in [5.74, 6) is -0.959. The predicted molar refractivity (Wildman–Crippen MR) is 77.7 cm³/mol. The normalized spacial score (nSPS) is 10.0. The van der Waals surface area contributed by atoms with Gasteiger partial charge in [-0.3, -0.25) is 14.8 Å². The lowest BCUT2D eigenvalue weighted by molar-refractivity contribution is -0.133. The van der Waals surface area contributed by atoms with Crippen LogP contribution in [0.5, 0.6) is 0 Å². The number of nitriles is 1. The monoisotopic (exact) mass is 298 g/mol. The number of fused-ring (bicyclic) bond motifs is 1. The van der Waals surface area contributed by atoms with Gasteiger partial charge in [-0.15, -0.1) is 0 Å². The summed E-state index contributed by atoms with van der Waals surface area (Å²) in [6.45, 7) is -0.0578. The summed E-state index contributed by atoms with van der Waals surface area (Å²) < 4.78 is 4.98. The van der Waals surface area contributed by atoms with Crippen LogP contribution in [0.1, 0.15) is 16.8 Å². The molecule has 1 aromatic carbocycles. The van der Waals surface area contributed by atoms with E-state index in [1.54, 1.807) is 31.4 Å². The second-order valence-electron chi connectivity index (χ2n) is 4.56. The lowest BCUT2D eigenvalue weighted by Gasteiger charge is -2.15. The molecule has 0 aliphatic heterocycles. The van der Waals surface area contributed by atoms with Gasteiger partial charge < -0.3 is 9.64 Å². The van der Waals surface area contributed by atoms with Crippen molar-refractivity contribution in [3.8, 4) is 6.07 Å². The zero-order chi connectivity index (χ0) is 15.9. The van der Waals surface area contributed by atoms with Crippen LogP contribution in [-0.4, -0.2) is 46.9 Å². The zero-order valence-corrected chi connectivity index (χ0v) is 12.0. The van der Waals surface area contributed by atoms with Gasteiger partial charge in [0.15, 0.2) is 6.61 Å². The molecule has 0 bridgehead atoms. The Labute approximate surface area is 127 Å². The van der Waals surface area contributed by atoms with E-state index >= 15 is 0 Å². The van der Waals surface area contributed by atoms with Crippen molar-refractivity contribution in [1.29, 1.82) is 5.26 Å². The quantitative estimate of drug-likeness (QED) is 0.768. The molecule has 0 N–H and O–H groups in total. The maximum Gasteiger partial charge on any atom is 0.338 e. The maximum absolute atomic E-state index is 11.9. The Morgan fingerprint density at radius 2 is 2.00 bits per heavy atom. The number of carbonyl (C=O) groups excluding carboxylic acids is 2. The van der Waals surface area contributed by atoms with Crippen molar-refractivity contribution in [2.24, 2.45) is 0 Å². The Bertz CT molecular complexity index is 739. The average molecular weight is 298 g/mol. The highest BCUT2D eigenvalue weighted by Gasteiger charge is 2.14. The molecule has 1 aromatic heterocycles. The van der Waals surface area contributed by atoms with Crippen molar-refractivity contribution in [3.63, 3.8) is 0 Å². The fourth-order valence-corrected chi connectivity index (χ4v) is 1.75. The van der Waals surface area contributed by atoms with Crippen molar-refractivity contribution in [3.05, 3.63) is 36.2 Å². The highest BCUT2D eigenvalue weighted by atomic mass is 16.5. The standard InChI is InChI=1S/C15H14N4O3/c1-19(8-2-5-16)14(20)10-22-15(21)11-3-4-12-13(9-11)18-7-6-17-12/h3-4,6-7,9H,2,8,10H2,1H3. The molecule has 0 spiro atoms. The predicted octanol–water partition coefficient (Wildman–Crippen LogP) is 1.16. The Morgan fingerprint density at radius 3 is 2.73 bits per heavy atom. The number of aromatic nitrogens is 2. The van der Waals surface area contributed by atoms with Crippen LogP contribution < -0.4 is 0 Å². The van der Waals surface area contributed by atoms with Gasteiger partial charge in [-0.2, -0.15) is 5.26 Å². The molecule has 0 fully saturated rings. The number of rotatable bonds is 5. The molecule has 0 radical (unpaired) electrons. The number of nitrogens with zero attached hydrogens (tertiary/aromatic N) is 4. The molecule has 1 amide bonds. The molecule has 0 aliphatic rings. The minimum Gasteiger partial charge on any atom is -0.452 e. The maximum atomic E-state index is 11.9. The van der Waals surface area contributed by atoms with Gasteiger partial charge in [0.05, 0.1) is 29.1 Å². The van der Waals surface area contributed by atoms with Gasteiger partial charge in [-0.05, 0) is 18.2 Å². The van der Waals surface area contributed by atoms with Crippen molar-refractivity contribution in [2.45, 2.75) is 6.42 Å². The van der Waals surface area contributed by atoms with Crippen LogP contribution >= 0.6 is 0 Å². The van der Waals surface area contributed by atoms with E-state index in [4.69, 9.17) is 10.00 Å². The molecule has 22 heavy (non-hydrogen) atoms. The van der Waals surface area contributed by atoms with Crippen molar-refractivity contribution < 1.29 is 14.3 Å². The minimum atomic E-state index is -0.602. The number of ether oxygens (including phenoxy) is 1. The van der Waals surface area contributed by atoms with E-state index in [1.807, 2.05) is 6.07 Å². The molecular formula is C15H14N4O3. The Hall–Kier alpha value is -3.01. The summed E-state index contributed by atoms with van der Waals surface area (Å²) in [5.41, 5.74) is 1.56. The molecule has 0 atom stereocenters. The summed E-state index contributed by atoms with van der Waals surface area (Å²) >= 11 is 0. The summed E-state index contributed by atoms with van der Waals surface area (Å²) in [6.07, 6.45) is 3.33. The third-order valence-electron chi connectivity index (χ3n) is 3.02. The first-order chi connectivity index (χ1) is 10.6. The van der Waals surface area contributed by atoms with E-state index < -0.39 is 5.97 Å². The number of benzene rings is 1. The van der Waals surface area contributed by atoms with Crippen LogP contribution in [0.25, 0.3) is 11.0 Å². The number of hydrogen-bond acceptors (Lipinski definition) is 6. The van der Waals surface area contributed by atoms with E-state index in [1.165, 1.54) is 11.1 Å². The molecule has 7 nitrogen and oxygen atoms in total. The van der Waals surface area contributed by atoms with E-state index in [0.717, 1.165) is 0 Å². The first kappa shape index (κ1) is 15.4. The molecule has 0 saturated carbocycles. The fraction of sp³-hybridized carbons (Fsp3) is 0.267. The molecule has 112 valence electrons. The number of esters is 1. The molecule has 2 aromatic rings. The molecular weight excluding hydrogens is 284 g/mol. The van der Waals surface area contributed by atoms with Gasteiger partial charge in [0.2, 0.25) is 0 Å². The summed E-state index contributed by atoms with van der Waals surface area (Å²) in [6, 6.07) is 6.75. The van der Waals surface area contributed by atoms with Crippen molar-refractivity contribution in [1.82, 2.24) is 14.9 Å². The van der Waals surface area contributed by atoms with Gasteiger partial charge in [0.25, 0.3) is 5.91 Å². The second kappa shape index (κ2) is 7.13. The average Bonchev–Trinajstić information content (AvgIpc) is 2.56. The second-order valence-corrected chi connectivity index (χ2v) is 4.56. The topological polar surface area (TPSA) is 96.2 Å². The molecule has 2 rings (SSSR count). The lowest BCUT2D eigenvalue weighted by Crippen LogP contribution is -2.31. The molecule has 7 heteroatoms. The van der Waals surface area contributed by atoms with Crippen LogP contribution in [0.2, 0.25) is 0 Å². The van der Waals surface area contributed by atoms with Crippen LogP contribution in [0, 0.1) is 11.3 Å². The van der Waals surface area contributed by atoms with Gasteiger partial charge >= 0.3 is 5.97 Å². The zero-order valence-electron chi connectivity index (χ0n) is 12.0. The number of carbonyl (C=O) groups is 2. The first-order valence-electron chi connectivity index (χ1n) is 6.60. The highest BCUT2D eigenvalue weighted by Crippen LogP contribution is 2.11. The number of amides is 1. The van der Waals surface area contributed by atoms with Crippen LogP contribution in [0.4, 0.5) is 0 Å². The van der Waals surface area contributed by atoms with E-state index in [9.17, 15) is 9.59 Å². The molecule has 0 unspecified atom stereocenters. The van der Waals surface area contributed by atoms with Gasteiger partial charge in [0, 0.05) is 26.0 Å². The third-order valence-corrected chi connectivity index (χ3v) is 3.02. The van der Waals surface area contributed by atoms with E-state index in [0.29, 0.717) is 23.1 Å². The summed E-state index contributed by atoms with van der Waals surface area (Å²) in [7, 11) is 1.55. The number of likely N-dealkylation sites (N-methyl/N-ethyl adjacent to an activating group) is 1. The lowest BCUT2D eigenvalue weighted by atomic mass is 10.2. The third kappa shape index (κ3) is 3.76. The molecule has 1 heterocycles. The van der Waals surface area contributed by atoms with Crippen molar-refractivity contribution in [2.75, 3.05) is 20.2 Å². The van der Waals surface area contributed by atoms with E-state index in [2.05, 4.69) is 9.97 Å². The number of hydrogen-bond donors (Lipinski definition) is 0. The summed E-state index contributed by atoms with van der Waals surface area (Å²) in [5, 5.41) is 8.47. The SMILES string of the molecule is CN(CCC#N)C(=O)COC(=O)c1ccc2nccnc2c1. The highest BCUT2D eigenvalue weighted by molar-refractivity contribution is 5.94. The fourth-order valence-electron chi connectivity index (χ4n) is 1.75. The molecule has 0 aliphatic carbocycles. The van der Waals surface area contributed by atoms with E-state index in [-0.39, 0.29) is 18.9 Å². The smallest absolute Gasteiger partial charge is 0.338 e. The van der Waals surface area contributed by atoms with Crippen LogP contribution in [0.3, 0.4) is 0 Å². The minimum absolute atomic E-state index is 0.236. The molecule has 0 saturated heterocycles. The van der Waals surface area contributed by atoms with Crippen molar-refractivity contribution >= 4 is 22.9 Å². The Balaban J connectivity index is 1.96. The van der Waals surface area contributed by atoms with Crippen LogP contribution in [0.15, 0.2) is 30.6 Å².